The molecular formula is C26H28ClFN4O4. The van der Waals surface area contributed by atoms with Crippen LogP contribution in [-0.4, -0.2) is 58.8 Å². The number of carbonyl (C=O) groups excluding carboxylic acids is 1. The molecule has 1 saturated heterocycles. The number of cyclic esters (lactones) is 1. The zero-order chi connectivity index (χ0) is 25.3. The van der Waals surface area contributed by atoms with Crippen LogP contribution in [0.3, 0.4) is 0 Å². The predicted molar refractivity (Wildman–Crippen MR) is 135 cm³/mol. The minimum atomic E-state index is -0.530. The van der Waals surface area contributed by atoms with E-state index in [0.29, 0.717) is 48.2 Å². The Labute approximate surface area is 213 Å². The summed E-state index contributed by atoms with van der Waals surface area (Å²) >= 11 is 5.94. The molecule has 0 bridgehead atoms. The molecule has 0 radical (unpaired) electrons. The highest BCUT2D eigenvalue weighted by atomic mass is 35.5. The Hall–Kier alpha value is -3.17. The van der Waals surface area contributed by atoms with Gasteiger partial charge in [-0.25, -0.2) is 14.4 Å². The number of halogens is 2. The van der Waals surface area contributed by atoms with E-state index in [2.05, 4.69) is 15.3 Å². The van der Waals surface area contributed by atoms with Gasteiger partial charge in [-0.15, -0.1) is 0 Å². The fraction of sp³-hybridized carbons (Fsp3) is 0.423. The Balaban J connectivity index is 1.39. The molecule has 0 atom stereocenters. The average Bonchev–Trinajstić information content (AvgIpc) is 2.78. The average molecular weight is 515 g/mol. The van der Waals surface area contributed by atoms with Crippen LogP contribution in [0.1, 0.15) is 33.1 Å². The molecule has 0 unspecified atom stereocenters. The lowest BCUT2D eigenvalue weighted by molar-refractivity contribution is -0.169. The number of morpholine rings is 1. The number of esters is 1. The molecule has 2 fully saturated rings. The summed E-state index contributed by atoms with van der Waals surface area (Å²) in [7, 11) is 0. The Bertz CT molecular complexity index is 1280. The molecule has 1 aliphatic carbocycles. The van der Waals surface area contributed by atoms with Gasteiger partial charge in [0.1, 0.15) is 30.2 Å². The highest BCUT2D eigenvalue weighted by Crippen LogP contribution is 2.38. The SMILES string of the molecule is CC1(C)CN(CCOc2cc3c(Nc4ccc(F)c(Cl)c4)ncnc3cc2OC2CCC2)CC(=O)O1. The van der Waals surface area contributed by atoms with E-state index in [-0.39, 0.29) is 23.6 Å². The molecule has 0 amide bonds. The van der Waals surface area contributed by atoms with Crippen molar-refractivity contribution in [1.29, 1.82) is 0 Å². The van der Waals surface area contributed by atoms with Crippen LogP contribution < -0.4 is 14.8 Å². The van der Waals surface area contributed by atoms with E-state index >= 15 is 0 Å². The summed E-state index contributed by atoms with van der Waals surface area (Å²) in [6.07, 6.45) is 4.77. The van der Waals surface area contributed by atoms with E-state index in [4.69, 9.17) is 25.8 Å². The number of rotatable bonds is 8. The van der Waals surface area contributed by atoms with Gasteiger partial charge in [0.25, 0.3) is 0 Å². The minimum absolute atomic E-state index is 0.0170. The van der Waals surface area contributed by atoms with Gasteiger partial charge in [0.15, 0.2) is 11.5 Å². The molecule has 10 heteroatoms. The predicted octanol–water partition coefficient (Wildman–Crippen LogP) is 5.11. The van der Waals surface area contributed by atoms with Gasteiger partial charge in [-0.3, -0.25) is 9.69 Å². The lowest BCUT2D eigenvalue weighted by Gasteiger charge is -2.37. The summed E-state index contributed by atoms with van der Waals surface area (Å²) < 4.78 is 31.4. The van der Waals surface area contributed by atoms with Crippen molar-refractivity contribution in [3.05, 3.63) is 47.5 Å². The Morgan fingerprint density at radius 3 is 2.78 bits per heavy atom. The Morgan fingerprint density at radius 2 is 2.06 bits per heavy atom. The maximum Gasteiger partial charge on any atom is 0.320 e. The van der Waals surface area contributed by atoms with E-state index in [1.807, 2.05) is 30.9 Å². The molecule has 5 rings (SSSR count). The van der Waals surface area contributed by atoms with Crippen LogP contribution in [0.15, 0.2) is 36.7 Å². The van der Waals surface area contributed by atoms with Crippen molar-refractivity contribution in [3.8, 4) is 11.5 Å². The Morgan fingerprint density at radius 1 is 1.22 bits per heavy atom. The molecule has 190 valence electrons. The topological polar surface area (TPSA) is 85.8 Å². The number of fused-ring (bicyclic) bond motifs is 1. The van der Waals surface area contributed by atoms with Gasteiger partial charge >= 0.3 is 5.97 Å². The van der Waals surface area contributed by atoms with Crippen LogP contribution in [-0.2, 0) is 9.53 Å². The van der Waals surface area contributed by atoms with Crippen molar-refractivity contribution in [2.24, 2.45) is 0 Å². The third-order valence-electron chi connectivity index (χ3n) is 6.24. The molecule has 2 heterocycles. The summed E-state index contributed by atoms with van der Waals surface area (Å²) in [4.78, 5) is 22.7. The third-order valence-corrected chi connectivity index (χ3v) is 6.53. The van der Waals surface area contributed by atoms with Gasteiger partial charge in [-0.2, -0.15) is 0 Å². The van der Waals surface area contributed by atoms with Gasteiger partial charge in [-0.1, -0.05) is 11.6 Å². The highest BCUT2D eigenvalue weighted by molar-refractivity contribution is 6.31. The van der Waals surface area contributed by atoms with E-state index in [0.717, 1.165) is 24.6 Å². The normalized spacial score (nSPS) is 17.9. The lowest BCUT2D eigenvalue weighted by atomic mass is 9.96. The summed E-state index contributed by atoms with van der Waals surface area (Å²) in [5, 5.41) is 3.92. The number of hydrogen-bond donors (Lipinski definition) is 1. The molecule has 1 saturated carbocycles. The molecular weight excluding hydrogens is 487 g/mol. The molecule has 2 aliphatic rings. The van der Waals surface area contributed by atoms with E-state index in [1.54, 1.807) is 6.07 Å². The number of nitrogens with one attached hydrogen (secondary N) is 1. The summed E-state index contributed by atoms with van der Waals surface area (Å²) in [6, 6.07) is 8.10. The van der Waals surface area contributed by atoms with Crippen molar-refractivity contribution in [2.45, 2.75) is 44.8 Å². The minimum Gasteiger partial charge on any atom is -0.488 e. The monoisotopic (exact) mass is 514 g/mol. The van der Waals surface area contributed by atoms with Crippen molar-refractivity contribution < 1.29 is 23.4 Å². The smallest absolute Gasteiger partial charge is 0.320 e. The number of benzene rings is 2. The number of carbonyl (C=O) groups is 1. The molecule has 1 N–H and O–H groups in total. The lowest BCUT2D eigenvalue weighted by Crippen LogP contribution is -2.51. The van der Waals surface area contributed by atoms with Gasteiger partial charge in [-0.05, 0) is 57.4 Å². The third kappa shape index (κ3) is 5.63. The molecule has 1 aromatic heterocycles. The number of nitrogens with zero attached hydrogens (tertiary/aromatic N) is 3. The van der Waals surface area contributed by atoms with Crippen molar-refractivity contribution in [3.63, 3.8) is 0 Å². The van der Waals surface area contributed by atoms with E-state index in [1.165, 1.54) is 18.5 Å². The van der Waals surface area contributed by atoms with Gasteiger partial charge in [0.05, 0.1) is 23.2 Å². The van der Waals surface area contributed by atoms with E-state index < -0.39 is 11.4 Å². The van der Waals surface area contributed by atoms with Crippen molar-refractivity contribution >= 4 is 40.0 Å². The van der Waals surface area contributed by atoms with Crippen LogP contribution in [0.2, 0.25) is 5.02 Å². The van der Waals surface area contributed by atoms with Gasteiger partial charge < -0.3 is 19.5 Å². The van der Waals surface area contributed by atoms with Gasteiger partial charge in [0, 0.05) is 30.2 Å². The first kappa shape index (κ1) is 24.5. The molecule has 8 nitrogen and oxygen atoms in total. The van der Waals surface area contributed by atoms with Crippen LogP contribution in [0.25, 0.3) is 10.9 Å². The summed E-state index contributed by atoms with van der Waals surface area (Å²) in [6.45, 7) is 5.58. The standard InChI is InChI=1S/C26H28ClFN4O4/c1-26(2)14-32(13-24(33)36-26)8-9-34-22-11-18-21(12-23(22)35-17-4-3-5-17)29-15-30-25(18)31-16-6-7-20(28)19(27)10-16/h6-7,10-12,15,17H,3-5,8-9,13-14H2,1-2H3,(H,29,30,31). The first-order valence-electron chi connectivity index (χ1n) is 12.0. The number of hydrogen-bond acceptors (Lipinski definition) is 8. The molecule has 1 aliphatic heterocycles. The molecule has 36 heavy (non-hydrogen) atoms. The van der Waals surface area contributed by atoms with E-state index in [9.17, 15) is 9.18 Å². The second-order valence-corrected chi connectivity index (χ2v) is 10.2. The van der Waals surface area contributed by atoms with Crippen molar-refractivity contribution in [1.82, 2.24) is 14.9 Å². The zero-order valence-electron chi connectivity index (χ0n) is 20.2. The first-order chi connectivity index (χ1) is 17.3. The fourth-order valence-electron chi connectivity index (χ4n) is 4.34. The van der Waals surface area contributed by atoms with Gasteiger partial charge in [0.2, 0.25) is 0 Å². The largest absolute Gasteiger partial charge is 0.488 e. The number of anilines is 2. The van der Waals surface area contributed by atoms with Crippen LogP contribution in [0.5, 0.6) is 11.5 Å². The summed E-state index contributed by atoms with van der Waals surface area (Å²) in [5.41, 5.74) is 0.749. The van der Waals surface area contributed by atoms with Crippen LogP contribution >= 0.6 is 11.6 Å². The highest BCUT2D eigenvalue weighted by Gasteiger charge is 2.32. The number of aromatic nitrogens is 2. The summed E-state index contributed by atoms with van der Waals surface area (Å²) in [5.74, 6) is 1.000. The zero-order valence-corrected chi connectivity index (χ0v) is 21.0. The number of ether oxygens (including phenoxy) is 3. The molecule has 3 aromatic rings. The molecule has 0 spiro atoms. The maximum atomic E-state index is 13.6. The van der Waals surface area contributed by atoms with Crippen LogP contribution in [0.4, 0.5) is 15.9 Å². The van der Waals surface area contributed by atoms with Crippen LogP contribution in [0, 0.1) is 5.82 Å². The Kier molecular flexibility index (Phi) is 6.85. The quantitative estimate of drug-likeness (QED) is 0.415. The fourth-order valence-corrected chi connectivity index (χ4v) is 4.52. The second kappa shape index (κ2) is 10.1. The van der Waals surface area contributed by atoms with Crippen molar-refractivity contribution in [2.75, 3.05) is 31.6 Å². The second-order valence-electron chi connectivity index (χ2n) is 9.76. The maximum absolute atomic E-state index is 13.6. The molecule has 2 aromatic carbocycles. The first-order valence-corrected chi connectivity index (χ1v) is 12.4.